The van der Waals surface area contributed by atoms with Gasteiger partial charge >= 0.3 is 5.69 Å². The summed E-state index contributed by atoms with van der Waals surface area (Å²) in [5, 5.41) is 11.1. The number of imidazole rings is 1. The molecule has 0 aliphatic rings. The minimum Gasteiger partial charge on any atom is -0.493 e. The van der Waals surface area contributed by atoms with E-state index < -0.39 is 5.69 Å². The number of nitrogens with zero attached hydrogens (tertiary/aromatic N) is 1. The number of fused-ring (bicyclic) bond motifs is 1. The van der Waals surface area contributed by atoms with Crippen molar-refractivity contribution in [2.45, 2.75) is 24.2 Å². The Morgan fingerprint density at radius 1 is 0.971 bits per heavy atom. The van der Waals surface area contributed by atoms with Gasteiger partial charge < -0.3 is 14.8 Å². The molecule has 2 heterocycles. The number of para-hydroxylation sites is 1. The van der Waals surface area contributed by atoms with Crippen LogP contribution >= 0.6 is 11.8 Å². The Morgan fingerprint density at radius 3 is 2.53 bits per heavy atom. The molecule has 5 aromatic rings. The lowest BCUT2D eigenvalue weighted by Gasteiger charge is -2.11. The van der Waals surface area contributed by atoms with Crippen molar-refractivity contribution < 1.29 is 9.84 Å². The van der Waals surface area contributed by atoms with E-state index in [2.05, 4.69) is 39.2 Å². The zero-order chi connectivity index (χ0) is 23.5. The van der Waals surface area contributed by atoms with E-state index in [9.17, 15) is 9.90 Å². The molecule has 0 atom stereocenters. The van der Waals surface area contributed by atoms with Crippen LogP contribution in [0.1, 0.15) is 16.8 Å². The first kappa shape index (κ1) is 21.9. The number of aryl methyl sites for hydroxylation is 1. The zero-order valence-electron chi connectivity index (χ0n) is 18.5. The number of aromatic nitrogens is 3. The molecule has 0 saturated heterocycles. The number of pyridine rings is 1. The number of nitrogens with one attached hydrogen (secondary N) is 2. The van der Waals surface area contributed by atoms with E-state index >= 15 is 0 Å². The average molecular weight is 470 g/mol. The molecule has 0 spiro atoms. The lowest BCUT2D eigenvalue weighted by molar-refractivity contribution is 0.307. The maximum atomic E-state index is 11.5. The second-order valence-electron chi connectivity index (χ2n) is 7.96. The first-order valence-electron chi connectivity index (χ1n) is 10.9. The molecule has 6 nitrogen and oxygen atoms in total. The Morgan fingerprint density at radius 2 is 1.74 bits per heavy atom. The largest absolute Gasteiger partial charge is 0.493 e. The summed E-state index contributed by atoms with van der Waals surface area (Å²) in [4.78, 5) is 22.1. The lowest BCUT2D eigenvalue weighted by Crippen LogP contribution is -2.00. The van der Waals surface area contributed by atoms with Crippen LogP contribution in [0.25, 0.3) is 22.2 Å². The van der Waals surface area contributed by atoms with E-state index in [0.717, 1.165) is 49.7 Å². The Balaban J connectivity index is 1.26. The van der Waals surface area contributed by atoms with Crippen molar-refractivity contribution in [2.24, 2.45) is 0 Å². The molecular formula is C27H23N3O3S. The highest BCUT2D eigenvalue weighted by Gasteiger charge is 2.13. The van der Waals surface area contributed by atoms with Gasteiger partial charge in [-0.15, -0.1) is 11.8 Å². The summed E-state index contributed by atoms with van der Waals surface area (Å²) >= 11 is 1.64. The molecule has 34 heavy (non-hydrogen) atoms. The molecule has 0 radical (unpaired) electrons. The molecule has 0 aliphatic heterocycles. The average Bonchev–Trinajstić information content (AvgIpc) is 3.19. The smallest absolute Gasteiger partial charge is 0.326 e. The van der Waals surface area contributed by atoms with Crippen molar-refractivity contribution in [1.29, 1.82) is 0 Å². The van der Waals surface area contributed by atoms with Crippen molar-refractivity contribution in [2.75, 3.05) is 0 Å². The maximum absolute atomic E-state index is 11.5. The van der Waals surface area contributed by atoms with Gasteiger partial charge in [0.05, 0.1) is 5.52 Å². The first-order chi connectivity index (χ1) is 16.6. The van der Waals surface area contributed by atoms with E-state index in [1.54, 1.807) is 11.8 Å². The van der Waals surface area contributed by atoms with Gasteiger partial charge in [0.15, 0.2) is 0 Å². The molecule has 0 bridgehead atoms. The van der Waals surface area contributed by atoms with Gasteiger partial charge in [-0.1, -0.05) is 48.5 Å². The monoisotopic (exact) mass is 469 g/mol. The van der Waals surface area contributed by atoms with E-state index in [1.165, 1.54) is 0 Å². The zero-order valence-corrected chi connectivity index (χ0v) is 19.4. The highest BCUT2D eigenvalue weighted by molar-refractivity contribution is 7.98. The summed E-state index contributed by atoms with van der Waals surface area (Å²) in [7, 11) is 0. The van der Waals surface area contributed by atoms with Gasteiger partial charge in [0.2, 0.25) is 5.88 Å². The number of ether oxygens (including phenoxy) is 1. The number of H-pyrrole nitrogens is 2. The Kier molecular flexibility index (Phi) is 6.10. The lowest BCUT2D eigenvalue weighted by atomic mass is 10.1. The number of hydrogen-bond acceptors (Lipinski definition) is 5. The second-order valence-corrected chi connectivity index (χ2v) is 8.98. The molecule has 0 fully saturated rings. The molecule has 3 N–H and O–H groups in total. The number of rotatable bonds is 7. The Bertz CT molecular complexity index is 1510. The summed E-state index contributed by atoms with van der Waals surface area (Å²) in [5.41, 5.74) is 4.96. The van der Waals surface area contributed by atoms with Crippen LogP contribution in [0.3, 0.4) is 0 Å². The predicted octanol–water partition coefficient (Wildman–Crippen LogP) is 5.80. The van der Waals surface area contributed by atoms with Crippen LogP contribution < -0.4 is 10.4 Å². The van der Waals surface area contributed by atoms with E-state index in [-0.39, 0.29) is 5.88 Å². The SMILES string of the molecule is Cc1cc(COc2ccc(CSc3ccccc3-c3[nH]c(=O)[nH]c3O)cc2)c2ccccc2n1. The summed E-state index contributed by atoms with van der Waals surface area (Å²) < 4.78 is 6.07. The van der Waals surface area contributed by atoms with Crippen LogP contribution in [-0.4, -0.2) is 20.1 Å². The topological polar surface area (TPSA) is 91.0 Å². The minimum atomic E-state index is -0.433. The fourth-order valence-electron chi connectivity index (χ4n) is 3.89. The molecule has 0 aliphatic carbocycles. The molecule has 2 aromatic heterocycles. The van der Waals surface area contributed by atoms with Crippen LogP contribution in [0.5, 0.6) is 11.6 Å². The van der Waals surface area contributed by atoms with Crippen molar-refractivity contribution in [3.05, 3.63) is 106 Å². The first-order valence-corrected chi connectivity index (χ1v) is 11.9. The number of hydrogen-bond donors (Lipinski definition) is 3. The van der Waals surface area contributed by atoms with Crippen molar-refractivity contribution >= 4 is 22.7 Å². The van der Waals surface area contributed by atoms with Gasteiger partial charge in [-0.25, -0.2) is 4.79 Å². The highest BCUT2D eigenvalue weighted by Crippen LogP contribution is 2.35. The molecule has 5 rings (SSSR count). The van der Waals surface area contributed by atoms with Crippen molar-refractivity contribution in [3.63, 3.8) is 0 Å². The fraction of sp³-hybridized carbons (Fsp3) is 0.111. The maximum Gasteiger partial charge on any atom is 0.326 e. The van der Waals surface area contributed by atoms with Gasteiger partial charge in [0.25, 0.3) is 0 Å². The highest BCUT2D eigenvalue weighted by atomic mass is 32.2. The summed E-state index contributed by atoms with van der Waals surface area (Å²) in [5.74, 6) is 1.39. The molecule has 170 valence electrons. The van der Waals surface area contributed by atoms with Gasteiger partial charge in [-0.3, -0.25) is 9.97 Å². The van der Waals surface area contributed by atoms with E-state index in [1.807, 2.05) is 61.5 Å². The molecule has 0 saturated carbocycles. The third-order valence-electron chi connectivity index (χ3n) is 5.51. The van der Waals surface area contributed by atoms with Crippen LogP contribution in [0.15, 0.2) is 88.6 Å². The minimum absolute atomic E-state index is 0.156. The van der Waals surface area contributed by atoms with E-state index in [4.69, 9.17) is 4.74 Å². The van der Waals surface area contributed by atoms with Crippen molar-refractivity contribution in [1.82, 2.24) is 15.0 Å². The second kappa shape index (κ2) is 9.49. The molecular weight excluding hydrogens is 446 g/mol. The standard InChI is InChI=1S/C27H23N3O3S/c1-17-14-19(21-6-2-4-8-23(21)28-17)15-33-20-12-10-18(11-13-20)16-34-24-9-5-3-7-22(24)25-26(31)30-27(32)29-25/h2-14,31H,15-16H2,1H3,(H2,29,30,32). The summed E-state index contributed by atoms with van der Waals surface area (Å²) in [6, 6.07) is 25.9. The van der Waals surface area contributed by atoms with Crippen LogP contribution in [0, 0.1) is 6.92 Å². The number of aromatic amines is 2. The van der Waals surface area contributed by atoms with Crippen LogP contribution in [-0.2, 0) is 12.4 Å². The number of thioether (sulfide) groups is 1. The molecule has 3 aromatic carbocycles. The number of benzene rings is 3. The number of aromatic hydroxyl groups is 1. The fourth-order valence-corrected chi connectivity index (χ4v) is 4.90. The quantitative estimate of drug-likeness (QED) is 0.262. The summed E-state index contributed by atoms with van der Waals surface area (Å²) in [6.45, 7) is 2.47. The third-order valence-corrected chi connectivity index (χ3v) is 6.65. The molecule has 0 unspecified atom stereocenters. The van der Waals surface area contributed by atoms with Crippen LogP contribution in [0.4, 0.5) is 0 Å². The van der Waals surface area contributed by atoms with E-state index in [0.29, 0.717) is 12.3 Å². The Labute approximate surface area is 200 Å². The predicted molar refractivity (Wildman–Crippen MR) is 135 cm³/mol. The molecule has 0 amide bonds. The van der Waals surface area contributed by atoms with Crippen LogP contribution in [0.2, 0.25) is 0 Å². The normalized spacial score (nSPS) is 11.1. The Hall–Kier alpha value is -3.97. The van der Waals surface area contributed by atoms with Gasteiger partial charge in [0, 0.05) is 32.9 Å². The van der Waals surface area contributed by atoms with Gasteiger partial charge in [-0.2, -0.15) is 0 Å². The molecule has 7 heteroatoms. The third kappa shape index (κ3) is 4.70. The van der Waals surface area contributed by atoms with Crippen molar-refractivity contribution in [3.8, 4) is 22.9 Å². The van der Waals surface area contributed by atoms with Gasteiger partial charge in [0.1, 0.15) is 18.1 Å². The van der Waals surface area contributed by atoms with Gasteiger partial charge in [-0.05, 0) is 42.8 Å². The summed E-state index contributed by atoms with van der Waals surface area (Å²) in [6.07, 6.45) is 0.